The van der Waals surface area contributed by atoms with Gasteiger partial charge < -0.3 is 9.80 Å². The molecule has 0 radical (unpaired) electrons. The monoisotopic (exact) mass is 443 g/mol. The average Bonchev–Trinajstić information content (AvgIpc) is 3.10. The van der Waals surface area contributed by atoms with Crippen molar-refractivity contribution in [3.63, 3.8) is 0 Å². The van der Waals surface area contributed by atoms with E-state index in [2.05, 4.69) is 46.2 Å². The number of hydrogen-bond donors (Lipinski definition) is 0. The molecule has 2 aliphatic heterocycles. The molecule has 0 bridgehead atoms. The number of halogens is 1. The van der Waals surface area contributed by atoms with Crippen LogP contribution in [0, 0.1) is 5.82 Å². The Balaban J connectivity index is 1.20. The molecule has 0 N–H and O–H groups in total. The van der Waals surface area contributed by atoms with Crippen LogP contribution in [0.3, 0.4) is 0 Å². The van der Waals surface area contributed by atoms with Gasteiger partial charge in [-0.25, -0.2) is 4.39 Å². The van der Waals surface area contributed by atoms with Crippen molar-refractivity contribution in [2.24, 2.45) is 0 Å². The highest BCUT2D eigenvalue weighted by Gasteiger charge is 2.22. The second-order valence-corrected chi connectivity index (χ2v) is 9.00. The van der Waals surface area contributed by atoms with Crippen LogP contribution in [0.4, 0.5) is 10.1 Å². The summed E-state index contributed by atoms with van der Waals surface area (Å²) in [6, 6.07) is 23.6. The van der Waals surface area contributed by atoms with E-state index in [1.54, 1.807) is 6.07 Å². The lowest BCUT2D eigenvalue weighted by atomic mass is 9.99. The number of hydrogen-bond acceptors (Lipinski definition) is 3. The lowest BCUT2D eigenvalue weighted by Crippen LogP contribution is -2.35. The number of fused-ring (bicyclic) bond motifs is 1. The van der Waals surface area contributed by atoms with Gasteiger partial charge >= 0.3 is 0 Å². The highest BCUT2D eigenvalue weighted by Crippen LogP contribution is 2.25. The molecule has 0 spiro atoms. The quantitative estimate of drug-likeness (QED) is 0.583. The van der Waals surface area contributed by atoms with E-state index in [9.17, 15) is 9.18 Å². The van der Waals surface area contributed by atoms with Crippen molar-refractivity contribution in [2.75, 3.05) is 37.6 Å². The number of amides is 1. The minimum atomic E-state index is -0.160. The fraction of sp³-hybridized carbons (Fsp3) is 0.321. The van der Waals surface area contributed by atoms with E-state index in [0.29, 0.717) is 18.7 Å². The van der Waals surface area contributed by atoms with Gasteiger partial charge in [-0.05, 0) is 54.3 Å². The Hall–Kier alpha value is -3.18. The van der Waals surface area contributed by atoms with Gasteiger partial charge in [-0.2, -0.15) is 0 Å². The number of carbonyl (C=O) groups excluding carboxylic acids is 1. The minimum Gasteiger partial charge on any atom is -0.367 e. The standard InChI is InChI=1S/C28H30FN3O/c29-27-9-4-3-8-25(27)20-30-15-5-16-31(19-18-30)28(33)23-10-12-26(13-11-23)32-17-14-22-6-1-2-7-24(22)21-32/h1-4,6-13H,5,14-21H2. The van der Waals surface area contributed by atoms with Crippen molar-refractivity contribution in [1.29, 1.82) is 0 Å². The van der Waals surface area contributed by atoms with Gasteiger partial charge in [0.05, 0.1) is 0 Å². The van der Waals surface area contributed by atoms with E-state index < -0.39 is 0 Å². The predicted octanol–water partition coefficient (Wildman–Crippen LogP) is 4.74. The maximum Gasteiger partial charge on any atom is 0.253 e. The molecular weight excluding hydrogens is 413 g/mol. The van der Waals surface area contributed by atoms with Crippen molar-refractivity contribution < 1.29 is 9.18 Å². The third-order valence-corrected chi connectivity index (χ3v) is 6.84. The second-order valence-electron chi connectivity index (χ2n) is 9.00. The molecule has 0 aromatic heterocycles. The lowest BCUT2D eigenvalue weighted by Gasteiger charge is -2.31. The molecule has 2 heterocycles. The van der Waals surface area contributed by atoms with Crippen LogP contribution in [0.2, 0.25) is 0 Å². The number of anilines is 1. The number of rotatable bonds is 4. The van der Waals surface area contributed by atoms with Crippen molar-refractivity contribution in [2.45, 2.75) is 25.9 Å². The topological polar surface area (TPSA) is 26.8 Å². The fourth-order valence-corrected chi connectivity index (χ4v) is 4.91. The maximum atomic E-state index is 14.0. The van der Waals surface area contributed by atoms with Crippen LogP contribution in [0.15, 0.2) is 72.8 Å². The Morgan fingerprint density at radius 3 is 2.36 bits per heavy atom. The van der Waals surface area contributed by atoms with Crippen molar-refractivity contribution in [1.82, 2.24) is 9.80 Å². The Morgan fingerprint density at radius 2 is 1.55 bits per heavy atom. The smallest absolute Gasteiger partial charge is 0.253 e. The molecular formula is C28H30FN3O. The minimum absolute atomic E-state index is 0.0817. The van der Waals surface area contributed by atoms with Gasteiger partial charge in [-0.1, -0.05) is 42.5 Å². The van der Waals surface area contributed by atoms with Gasteiger partial charge in [-0.3, -0.25) is 9.69 Å². The maximum absolute atomic E-state index is 14.0. The normalized spacial score (nSPS) is 16.9. The molecule has 5 heteroatoms. The van der Waals surface area contributed by atoms with Crippen LogP contribution < -0.4 is 4.90 Å². The van der Waals surface area contributed by atoms with Crippen LogP contribution in [-0.2, 0) is 19.5 Å². The summed E-state index contributed by atoms with van der Waals surface area (Å²) in [5.74, 6) is -0.0785. The van der Waals surface area contributed by atoms with Gasteiger partial charge in [0.25, 0.3) is 5.91 Å². The third kappa shape index (κ3) is 4.93. The SMILES string of the molecule is O=C(c1ccc(N2CCc3ccccc3C2)cc1)N1CCCN(Cc2ccccc2F)CC1. The van der Waals surface area contributed by atoms with Gasteiger partial charge in [0, 0.05) is 62.6 Å². The highest BCUT2D eigenvalue weighted by atomic mass is 19.1. The summed E-state index contributed by atoms with van der Waals surface area (Å²) < 4.78 is 14.0. The Labute approximate surface area is 195 Å². The largest absolute Gasteiger partial charge is 0.367 e. The van der Waals surface area contributed by atoms with Crippen LogP contribution in [0.5, 0.6) is 0 Å². The molecule has 1 saturated heterocycles. The van der Waals surface area contributed by atoms with Crippen LogP contribution in [-0.4, -0.2) is 48.4 Å². The molecule has 0 unspecified atom stereocenters. The summed E-state index contributed by atoms with van der Waals surface area (Å²) in [5, 5.41) is 0. The molecule has 0 saturated carbocycles. The summed E-state index contributed by atoms with van der Waals surface area (Å²) in [5.41, 5.74) is 5.43. The number of carbonyl (C=O) groups is 1. The van der Waals surface area contributed by atoms with Crippen LogP contribution in [0.25, 0.3) is 0 Å². The van der Waals surface area contributed by atoms with E-state index in [1.807, 2.05) is 29.2 Å². The van der Waals surface area contributed by atoms with Crippen LogP contribution >= 0.6 is 0 Å². The van der Waals surface area contributed by atoms with Gasteiger partial charge in [0.2, 0.25) is 0 Å². The first-order valence-electron chi connectivity index (χ1n) is 11.8. The number of nitrogens with zero attached hydrogens (tertiary/aromatic N) is 3. The fourth-order valence-electron chi connectivity index (χ4n) is 4.91. The Bertz CT molecular complexity index is 1110. The second kappa shape index (κ2) is 9.75. The average molecular weight is 444 g/mol. The van der Waals surface area contributed by atoms with E-state index in [4.69, 9.17) is 0 Å². The highest BCUT2D eigenvalue weighted by molar-refractivity contribution is 5.94. The molecule has 33 heavy (non-hydrogen) atoms. The molecule has 170 valence electrons. The van der Waals surface area contributed by atoms with E-state index in [-0.39, 0.29) is 11.7 Å². The molecule has 3 aromatic carbocycles. The molecule has 1 fully saturated rings. The lowest BCUT2D eigenvalue weighted by molar-refractivity contribution is 0.0761. The molecule has 5 rings (SSSR count). The van der Waals surface area contributed by atoms with Gasteiger partial charge in [0.1, 0.15) is 5.82 Å². The molecule has 1 amide bonds. The zero-order valence-electron chi connectivity index (χ0n) is 18.9. The molecule has 4 nitrogen and oxygen atoms in total. The molecule has 3 aromatic rings. The van der Waals surface area contributed by atoms with Crippen molar-refractivity contribution >= 4 is 11.6 Å². The summed E-state index contributed by atoms with van der Waals surface area (Å²) in [4.78, 5) is 19.7. The predicted molar refractivity (Wildman–Crippen MR) is 130 cm³/mol. The molecule has 0 aliphatic carbocycles. The summed E-state index contributed by atoms with van der Waals surface area (Å²) in [6.07, 6.45) is 1.94. The van der Waals surface area contributed by atoms with E-state index in [0.717, 1.165) is 56.8 Å². The van der Waals surface area contributed by atoms with Gasteiger partial charge in [-0.15, -0.1) is 0 Å². The van der Waals surface area contributed by atoms with Crippen LogP contribution in [0.1, 0.15) is 33.5 Å². The van der Waals surface area contributed by atoms with Gasteiger partial charge in [0.15, 0.2) is 0 Å². The Kier molecular flexibility index (Phi) is 6.40. The summed E-state index contributed by atoms with van der Waals surface area (Å²) >= 11 is 0. The first-order valence-corrected chi connectivity index (χ1v) is 11.8. The first-order chi connectivity index (χ1) is 16.2. The third-order valence-electron chi connectivity index (χ3n) is 6.84. The van der Waals surface area contributed by atoms with Crippen molar-refractivity contribution in [3.8, 4) is 0 Å². The zero-order valence-corrected chi connectivity index (χ0v) is 18.9. The Morgan fingerprint density at radius 1 is 0.788 bits per heavy atom. The molecule has 0 atom stereocenters. The van der Waals surface area contributed by atoms with E-state index >= 15 is 0 Å². The molecule has 2 aliphatic rings. The summed E-state index contributed by atoms with van der Waals surface area (Å²) in [7, 11) is 0. The number of benzene rings is 3. The summed E-state index contributed by atoms with van der Waals surface area (Å²) in [6.45, 7) is 5.51. The van der Waals surface area contributed by atoms with E-state index in [1.165, 1.54) is 17.2 Å². The first kappa shape index (κ1) is 21.7. The zero-order chi connectivity index (χ0) is 22.6. The van der Waals surface area contributed by atoms with Crippen molar-refractivity contribution in [3.05, 3.63) is 101 Å².